The molecule has 0 aromatic heterocycles. The van der Waals surface area contributed by atoms with Gasteiger partial charge in [-0.2, -0.15) is 0 Å². The minimum absolute atomic E-state index is 0.262. The molecule has 1 fully saturated rings. The standard InChI is InChI=1S/C13H17NO3/c1-16-10-5-3-4-9(8-10)13(6-7-13)11(14)12(15)17-2/h3-5,8,11H,6-7,14H2,1-2H3. The van der Waals surface area contributed by atoms with Gasteiger partial charge in [0.25, 0.3) is 0 Å². The third-order valence-electron chi connectivity index (χ3n) is 3.48. The van der Waals surface area contributed by atoms with Gasteiger partial charge >= 0.3 is 5.97 Å². The maximum absolute atomic E-state index is 11.5. The molecule has 0 bridgehead atoms. The van der Waals surface area contributed by atoms with E-state index in [4.69, 9.17) is 15.2 Å². The lowest BCUT2D eigenvalue weighted by Crippen LogP contribution is -2.42. The summed E-state index contributed by atoms with van der Waals surface area (Å²) in [5, 5.41) is 0. The number of carbonyl (C=O) groups is 1. The van der Waals surface area contributed by atoms with Crippen molar-refractivity contribution >= 4 is 5.97 Å². The number of esters is 1. The molecule has 0 heterocycles. The summed E-state index contributed by atoms with van der Waals surface area (Å²) in [7, 11) is 2.99. The van der Waals surface area contributed by atoms with Crippen LogP contribution >= 0.6 is 0 Å². The molecule has 4 nitrogen and oxygen atoms in total. The Morgan fingerprint density at radius 2 is 2.12 bits per heavy atom. The molecule has 1 aromatic rings. The number of nitrogens with two attached hydrogens (primary N) is 1. The molecule has 2 rings (SSSR count). The molecule has 0 aliphatic heterocycles. The lowest BCUT2D eigenvalue weighted by molar-refractivity contribution is -0.143. The first-order valence-corrected chi connectivity index (χ1v) is 5.62. The zero-order valence-corrected chi connectivity index (χ0v) is 10.1. The second-order valence-electron chi connectivity index (χ2n) is 4.39. The molecule has 1 aliphatic carbocycles. The molecular formula is C13H17NO3. The number of ether oxygens (including phenoxy) is 2. The van der Waals surface area contributed by atoms with Gasteiger partial charge in [0.15, 0.2) is 0 Å². The van der Waals surface area contributed by atoms with Crippen LogP contribution in [0.1, 0.15) is 18.4 Å². The Labute approximate surface area is 101 Å². The van der Waals surface area contributed by atoms with E-state index in [2.05, 4.69) is 0 Å². The second kappa shape index (κ2) is 4.37. The Morgan fingerprint density at radius 1 is 1.41 bits per heavy atom. The van der Waals surface area contributed by atoms with E-state index >= 15 is 0 Å². The fourth-order valence-electron chi connectivity index (χ4n) is 2.20. The molecule has 92 valence electrons. The predicted octanol–water partition coefficient (Wildman–Crippen LogP) is 1.23. The normalized spacial score (nSPS) is 18.3. The Kier molecular flexibility index (Phi) is 3.07. The van der Waals surface area contributed by atoms with E-state index in [0.717, 1.165) is 24.2 Å². The Bertz CT molecular complexity index is 426. The van der Waals surface area contributed by atoms with Crippen molar-refractivity contribution < 1.29 is 14.3 Å². The topological polar surface area (TPSA) is 61.5 Å². The van der Waals surface area contributed by atoms with Crippen LogP contribution in [0.15, 0.2) is 24.3 Å². The zero-order chi connectivity index (χ0) is 12.5. The molecule has 1 aromatic carbocycles. The van der Waals surface area contributed by atoms with Crippen LogP contribution in [-0.2, 0) is 14.9 Å². The highest BCUT2D eigenvalue weighted by Crippen LogP contribution is 2.51. The highest BCUT2D eigenvalue weighted by molar-refractivity contribution is 5.79. The minimum Gasteiger partial charge on any atom is -0.497 e. The molecule has 1 atom stereocenters. The van der Waals surface area contributed by atoms with Crippen molar-refractivity contribution in [3.63, 3.8) is 0 Å². The van der Waals surface area contributed by atoms with Gasteiger partial charge in [0, 0.05) is 5.41 Å². The zero-order valence-electron chi connectivity index (χ0n) is 10.1. The van der Waals surface area contributed by atoms with Gasteiger partial charge in [-0.25, -0.2) is 0 Å². The second-order valence-corrected chi connectivity index (χ2v) is 4.39. The van der Waals surface area contributed by atoms with Crippen LogP contribution < -0.4 is 10.5 Å². The lowest BCUT2D eigenvalue weighted by atomic mass is 9.88. The fourth-order valence-corrected chi connectivity index (χ4v) is 2.20. The molecule has 0 radical (unpaired) electrons. The number of carbonyl (C=O) groups excluding carboxylic acids is 1. The molecule has 1 unspecified atom stereocenters. The SMILES string of the molecule is COC(=O)C(N)C1(c2cccc(OC)c2)CC1. The Balaban J connectivity index is 2.29. The summed E-state index contributed by atoms with van der Waals surface area (Å²) in [4.78, 5) is 11.5. The van der Waals surface area contributed by atoms with Crippen molar-refractivity contribution in [3.8, 4) is 5.75 Å². The van der Waals surface area contributed by atoms with E-state index in [1.165, 1.54) is 7.11 Å². The van der Waals surface area contributed by atoms with Gasteiger partial charge in [0.1, 0.15) is 11.8 Å². The molecule has 17 heavy (non-hydrogen) atoms. The molecule has 0 spiro atoms. The van der Waals surface area contributed by atoms with E-state index in [-0.39, 0.29) is 11.4 Å². The third kappa shape index (κ3) is 2.00. The van der Waals surface area contributed by atoms with Gasteiger partial charge in [-0.1, -0.05) is 12.1 Å². The minimum atomic E-state index is -0.598. The highest BCUT2D eigenvalue weighted by Gasteiger charge is 2.52. The molecule has 2 N–H and O–H groups in total. The predicted molar refractivity (Wildman–Crippen MR) is 63.9 cm³/mol. The summed E-state index contributed by atoms with van der Waals surface area (Å²) in [6.45, 7) is 0. The summed E-state index contributed by atoms with van der Waals surface area (Å²) < 4.78 is 9.91. The largest absolute Gasteiger partial charge is 0.497 e. The van der Waals surface area contributed by atoms with E-state index in [1.54, 1.807) is 7.11 Å². The molecule has 4 heteroatoms. The van der Waals surface area contributed by atoms with Crippen molar-refractivity contribution in [1.29, 1.82) is 0 Å². The van der Waals surface area contributed by atoms with E-state index in [9.17, 15) is 4.79 Å². The van der Waals surface area contributed by atoms with E-state index < -0.39 is 6.04 Å². The number of hydrogen-bond donors (Lipinski definition) is 1. The quantitative estimate of drug-likeness (QED) is 0.797. The van der Waals surface area contributed by atoms with Crippen molar-refractivity contribution in [1.82, 2.24) is 0 Å². The van der Waals surface area contributed by atoms with Crippen LogP contribution in [0.3, 0.4) is 0 Å². The van der Waals surface area contributed by atoms with Crippen LogP contribution in [0.5, 0.6) is 5.75 Å². The average molecular weight is 235 g/mol. The fraction of sp³-hybridized carbons (Fsp3) is 0.462. The molecule has 1 aliphatic rings. The summed E-state index contributed by atoms with van der Waals surface area (Å²) in [5.74, 6) is 0.427. The van der Waals surface area contributed by atoms with Gasteiger partial charge < -0.3 is 15.2 Å². The van der Waals surface area contributed by atoms with Crippen LogP contribution in [0, 0.1) is 0 Å². The van der Waals surface area contributed by atoms with E-state index in [0.29, 0.717) is 0 Å². The van der Waals surface area contributed by atoms with Crippen molar-refractivity contribution in [2.45, 2.75) is 24.3 Å². The number of rotatable bonds is 4. The lowest BCUT2D eigenvalue weighted by Gasteiger charge is -2.22. The smallest absolute Gasteiger partial charge is 0.323 e. The van der Waals surface area contributed by atoms with Gasteiger partial charge in [-0.3, -0.25) is 4.79 Å². The Morgan fingerprint density at radius 3 is 2.65 bits per heavy atom. The summed E-state index contributed by atoms with van der Waals surface area (Å²) >= 11 is 0. The van der Waals surface area contributed by atoms with Crippen molar-refractivity contribution in [2.75, 3.05) is 14.2 Å². The molecule has 0 amide bonds. The number of benzene rings is 1. The maximum atomic E-state index is 11.5. The van der Waals surface area contributed by atoms with Gasteiger partial charge in [0.2, 0.25) is 0 Å². The summed E-state index contributed by atoms with van der Waals surface area (Å²) in [5.41, 5.74) is 6.76. The summed E-state index contributed by atoms with van der Waals surface area (Å²) in [6, 6.07) is 7.12. The molecular weight excluding hydrogens is 218 g/mol. The molecule has 0 saturated heterocycles. The first-order valence-electron chi connectivity index (χ1n) is 5.62. The van der Waals surface area contributed by atoms with Crippen LogP contribution in [0.2, 0.25) is 0 Å². The van der Waals surface area contributed by atoms with Gasteiger partial charge in [0.05, 0.1) is 14.2 Å². The average Bonchev–Trinajstić information content (AvgIpc) is 3.18. The van der Waals surface area contributed by atoms with E-state index in [1.807, 2.05) is 24.3 Å². The molecule has 1 saturated carbocycles. The van der Waals surface area contributed by atoms with Crippen LogP contribution in [0.25, 0.3) is 0 Å². The van der Waals surface area contributed by atoms with Crippen molar-refractivity contribution in [3.05, 3.63) is 29.8 Å². The highest BCUT2D eigenvalue weighted by atomic mass is 16.5. The van der Waals surface area contributed by atoms with Crippen molar-refractivity contribution in [2.24, 2.45) is 5.73 Å². The van der Waals surface area contributed by atoms with Crippen LogP contribution in [-0.4, -0.2) is 26.2 Å². The first-order chi connectivity index (χ1) is 8.14. The third-order valence-corrected chi connectivity index (χ3v) is 3.48. The maximum Gasteiger partial charge on any atom is 0.323 e. The summed E-state index contributed by atoms with van der Waals surface area (Å²) in [6.07, 6.45) is 1.83. The Hall–Kier alpha value is -1.55. The number of methoxy groups -OCH3 is 2. The van der Waals surface area contributed by atoms with Gasteiger partial charge in [-0.15, -0.1) is 0 Å². The number of hydrogen-bond acceptors (Lipinski definition) is 4. The monoisotopic (exact) mass is 235 g/mol. The first kappa shape index (κ1) is 11.9. The van der Waals surface area contributed by atoms with Gasteiger partial charge in [-0.05, 0) is 30.5 Å². The van der Waals surface area contributed by atoms with Crippen LogP contribution in [0.4, 0.5) is 0 Å².